The molecule has 28 heavy (non-hydrogen) atoms. The van der Waals surface area contributed by atoms with Crippen molar-refractivity contribution in [3.8, 4) is 28.3 Å². The first kappa shape index (κ1) is 16.4. The Bertz CT molecular complexity index is 1270. The lowest BCUT2D eigenvalue weighted by Gasteiger charge is -2.06. The van der Waals surface area contributed by atoms with Gasteiger partial charge in [-0.25, -0.2) is 14.2 Å². The second kappa shape index (κ2) is 6.46. The van der Waals surface area contributed by atoms with E-state index in [9.17, 15) is 0 Å². The minimum atomic E-state index is 0.752. The van der Waals surface area contributed by atoms with Crippen LogP contribution in [0, 0.1) is 13.8 Å². The summed E-state index contributed by atoms with van der Waals surface area (Å²) in [5.74, 6) is 0.752. The molecule has 0 bridgehead atoms. The Morgan fingerprint density at radius 3 is 1.93 bits per heavy atom. The van der Waals surface area contributed by atoms with E-state index < -0.39 is 0 Å². The number of nitrogens with zero attached hydrogens (tertiary/aromatic N) is 5. The van der Waals surface area contributed by atoms with Crippen molar-refractivity contribution in [1.29, 1.82) is 0 Å². The molecule has 0 aliphatic heterocycles. The molecule has 0 saturated heterocycles. The first-order chi connectivity index (χ1) is 13.7. The Morgan fingerprint density at radius 2 is 1.25 bits per heavy atom. The summed E-state index contributed by atoms with van der Waals surface area (Å²) in [6.45, 7) is 4.00. The SMILES string of the molecule is Cc1cc(-c2ccccc2)n2nc(-n3nc(C)cc3-c3ccccc3)cc2n1. The highest BCUT2D eigenvalue weighted by Crippen LogP contribution is 2.26. The van der Waals surface area contributed by atoms with Crippen LogP contribution in [0.15, 0.2) is 78.9 Å². The highest BCUT2D eigenvalue weighted by Gasteiger charge is 2.15. The monoisotopic (exact) mass is 365 g/mol. The van der Waals surface area contributed by atoms with Crippen molar-refractivity contribution >= 4 is 5.65 Å². The molecule has 0 amide bonds. The zero-order chi connectivity index (χ0) is 19.1. The largest absolute Gasteiger partial charge is 0.234 e. The van der Waals surface area contributed by atoms with Crippen LogP contribution in [0.5, 0.6) is 0 Å². The summed E-state index contributed by atoms with van der Waals surface area (Å²) in [7, 11) is 0. The van der Waals surface area contributed by atoms with E-state index in [1.807, 2.05) is 65.5 Å². The van der Waals surface area contributed by atoms with Crippen molar-refractivity contribution in [2.24, 2.45) is 0 Å². The molecule has 5 heteroatoms. The number of hydrogen-bond acceptors (Lipinski definition) is 3. The number of aryl methyl sites for hydroxylation is 2. The van der Waals surface area contributed by atoms with Crippen molar-refractivity contribution in [2.45, 2.75) is 13.8 Å². The zero-order valence-corrected chi connectivity index (χ0v) is 15.7. The van der Waals surface area contributed by atoms with E-state index in [2.05, 4.69) is 41.4 Å². The van der Waals surface area contributed by atoms with Crippen molar-refractivity contribution in [3.63, 3.8) is 0 Å². The van der Waals surface area contributed by atoms with E-state index in [-0.39, 0.29) is 0 Å². The molecule has 0 saturated carbocycles. The minimum Gasteiger partial charge on any atom is -0.234 e. The highest BCUT2D eigenvalue weighted by atomic mass is 15.4. The van der Waals surface area contributed by atoms with Gasteiger partial charge in [0.1, 0.15) is 0 Å². The van der Waals surface area contributed by atoms with Crippen molar-refractivity contribution in [1.82, 2.24) is 24.4 Å². The standard InChI is InChI=1S/C23H19N5/c1-16-13-20(18-9-5-3-6-10-18)27-22(24-16)15-23(26-27)28-21(14-17(2)25-28)19-11-7-4-8-12-19/h3-15H,1-2H3. The molecule has 0 radical (unpaired) electrons. The van der Waals surface area contributed by atoms with E-state index in [0.29, 0.717) is 0 Å². The summed E-state index contributed by atoms with van der Waals surface area (Å²) in [6.07, 6.45) is 0. The van der Waals surface area contributed by atoms with E-state index in [1.165, 1.54) is 0 Å². The van der Waals surface area contributed by atoms with Crippen molar-refractivity contribution < 1.29 is 0 Å². The Kier molecular flexibility index (Phi) is 3.79. The Balaban J connectivity index is 1.73. The lowest BCUT2D eigenvalue weighted by atomic mass is 10.1. The molecule has 5 rings (SSSR count). The van der Waals surface area contributed by atoms with Crippen LogP contribution in [0.2, 0.25) is 0 Å². The fourth-order valence-corrected chi connectivity index (χ4v) is 3.49. The van der Waals surface area contributed by atoms with Gasteiger partial charge in [-0.15, -0.1) is 5.10 Å². The third kappa shape index (κ3) is 2.77. The zero-order valence-electron chi connectivity index (χ0n) is 15.7. The second-order valence-corrected chi connectivity index (χ2v) is 6.87. The molecule has 0 aliphatic carbocycles. The molecule has 136 valence electrons. The summed E-state index contributed by atoms with van der Waals surface area (Å²) in [5.41, 5.74) is 6.95. The van der Waals surface area contributed by atoms with Crippen LogP contribution in [0.4, 0.5) is 0 Å². The average Bonchev–Trinajstić information content (AvgIpc) is 3.32. The van der Waals surface area contributed by atoms with Crippen LogP contribution >= 0.6 is 0 Å². The van der Waals surface area contributed by atoms with E-state index in [4.69, 9.17) is 10.2 Å². The second-order valence-electron chi connectivity index (χ2n) is 6.87. The number of fused-ring (bicyclic) bond motifs is 1. The molecule has 5 nitrogen and oxygen atoms in total. The summed E-state index contributed by atoms with van der Waals surface area (Å²) in [6, 6.07) is 26.6. The van der Waals surface area contributed by atoms with E-state index in [1.54, 1.807) is 0 Å². The van der Waals surface area contributed by atoms with Gasteiger partial charge in [-0.1, -0.05) is 60.7 Å². The van der Waals surface area contributed by atoms with Crippen LogP contribution in [0.3, 0.4) is 0 Å². The maximum Gasteiger partial charge on any atom is 0.178 e. The van der Waals surface area contributed by atoms with Crippen LogP contribution in [0.1, 0.15) is 11.4 Å². The summed E-state index contributed by atoms with van der Waals surface area (Å²) < 4.78 is 3.78. The Hall–Kier alpha value is -3.73. The van der Waals surface area contributed by atoms with Gasteiger partial charge < -0.3 is 0 Å². The predicted molar refractivity (Wildman–Crippen MR) is 110 cm³/mol. The fourth-order valence-electron chi connectivity index (χ4n) is 3.49. The molecule has 3 aromatic heterocycles. The molecule has 0 spiro atoms. The number of rotatable bonds is 3. The van der Waals surface area contributed by atoms with Crippen molar-refractivity contribution in [2.75, 3.05) is 0 Å². The molecule has 0 fully saturated rings. The van der Waals surface area contributed by atoms with Crippen LogP contribution in [-0.4, -0.2) is 24.4 Å². The molecule has 0 aliphatic rings. The quantitative estimate of drug-likeness (QED) is 0.458. The predicted octanol–water partition coefficient (Wildman–Crippen LogP) is 4.87. The van der Waals surface area contributed by atoms with E-state index >= 15 is 0 Å². The lowest BCUT2D eigenvalue weighted by Crippen LogP contribution is -2.02. The van der Waals surface area contributed by atoms with Crippen LogP contribution in [0.25, 0.3) is 34.0 Å². The maximum atomic E-state index is 4.85. The summed E-state index contributed by atoms with van der Waals surface area (Å²) in [5, 5.41) is 9.54. The molecule has 0 unspecified atom stereocenters. The third-order valence-electron chi connectivity index (χ3n) is 4.73. The lowest BCUT2D eigenvalue weighted by molar-refractivity contribution is 0.809. The van der Waals surface area contributed by atoms with E-state index in [0.717, 1.165) is 45.4 Å². The van der Waals surface area contributed by atoms with Gasteiger partial charge in [-0.3, -0.25) is 0 Å². The number of hydrogen-bond donors (Lipinski definition) is 0. The van der Waals surface area contributed by atoms with Gasteiger partial charge in [0.15, 0.2) is 11.5 Å². The number of aromatic nitrogens is 5. The first-order valence-corrected chi connectivity index (χ1v) is 9.24. The molecular formula is C23H19N5. The van der Waals surface area contributed by atoms with Gasteiger partial charge in [0.25, 0.3) is 0 Å². The molecule has 0 atom stereocenters. The summed E-state index contributed by atoms with van der Waals surface area (Å²) >= 11 is 0. The maximum absolute atomic E-state index is 4.85. The molecule has 2 aromatic carbocycles. The first-order valence-electron chi connectivity index (χ1n) is 9.24. The highest BCUT2D eigenvalue weighted by molar-refractivity contribution is 5.66. The fraction of sp³-hybridized carbons (Fsp3) is 0.0870. The van der Waals surface area contributed by atoms with Gasteiger partial charge in [-0.05, 0) is 26.0 Å². The van der Waals surface area contributed by atoms with Gasteiger partial charge in [0.05, 0.1) is 17.1 Å². The third-order valence-corrected chi connectivity index (χ3v) is 4.73. The average molecular weight is 365 g/mol. The van der Waals surface area contributed by atoms with Gasteiger partial charge in [0, 0.05) is 22.9 Å². The van der Waals surface area contributed by atoms with Crippen molar-refractivity contribution in [3.05, 3.63) is 90.3 Å². The van der Waals surface area contributed by atoms with Gasteiger partial charge in [0.2, 0.25) is 0 Å². The Labute approximate surface area is 162 Å². The topological polar surface area (TPSA) is 48.0 Å². The van der Waals surface area contributed by atoms with Gasteiger partial charge in [-0.2, -0.15) is 5.10 Å². The Morgan fingerprint density at radius 1 is 0.643 bits per heavy atom. The summed E-state index contributed by atoms with van der Waals surface area (Å²) in [4.78, 5) is 4.68. The molecule has 0 N–H and O–H groups in total. The smallest absolute Gasteiger partial charge is 0.178 e. The van der Waals surface area contributed by atoms with Gasteiger partial charge >= 0.3 is 0 Å². The molecule has 5 aromatic rings. The minimum absolute atomic E-state index is 0.752. The van der Waals surface area contributed by atoms with Crippen LogP contribution in [-0.2, 0) is 0 Å². The molecule has 3 heterocycles. The molecular weight excluding hydrogens is 346 g/mol. The normalized spacial score (nSPS) is 11.2. The number of benzene rings is 2. The van der Waals surface area contributed by atoms with Crippen LogP contribution < -0.4 is 0 Å².